The molecule has 0 saturated heterocycles. The molecule has 6 nitrogen and oxygen atoms in total. The predicted molar refractivity (Wildman–Crippen MR) is 167 cm³/mol. The lowest BCUT2D eigenvalue weighted by atomic mass is 10.0. The molecule has 0 atom stereocenters. The monoisotopic (exact) mass is 536 g/mol. The lowest BCUT2D eigenvalue weighted by molar-refractivity contribution is 0.775. The van der Waals surface area contributed by atoms with Crippen LogP contribution in [0.4, 0.5) is 5.69 Å². The zero-order chi connectivity index (χ0) is 28.2. The van der Waals surface area contributed by atoms with Gasteiger partial charge in [0.05, 0.1) is 51.7 Å². The van der Waals surface area contributed by atoms with E-state index in [4.69, 9.17) is 16.5 Å². The Kier molecular flexibility index (Phi) is 5.15. The normalized spacial score (nSPS) is 11.3. The van der Waals surface area contributed by atoms with Crippen molar-refractivity contribution in [1.82, 2.24) is 19.3 Å². The molecule has 0 aliphatic carbocycles. The standard InChI is InChI=1S/C36H20N6/c1-38-24-17-19-40-32(21-24)30-13-7-11-28-26-9-3-5-15-34(26)42(36(28)30)41-33-14-4-2-8-25(33)27-10-6-12-29(35(27)41)31-20-23(22-37)16-18-39-31/h2-21H. The SMILES string of the molecule is [C-]#[N+]c1ccnc(-c2cccc3c4ccccc4n(-n4c5ccccc5c5cccc(-c6cc(C#N)ccn6)c54)c23)c1. The molecule has 0 radical (unpaired) electrons. The van der Waals surface area contributed by atoms with Crippen LogP contribution in [0, 0.1) is 17.9 Å². The van der Waals surface area contributed by atoms with Crippen LogP contribution in [0.2, 0.25) is 0 Å². The summed E-state index contributed by atoms with van der Waals surface area (Å²) >= 11 is 0. The highest BCUT2D eigenvalue weighted by molar-refractivity contribution is 6.16. The van der Waals surface area contributed by atoms with Crippen LogP contribution < -0.4 is 0 Å². The molecule has 8 rings (SSSR count). The Labute approximate surface area is 240 Å². The second-order valence-electron chi connectivity index (χ2n) is 10.1. The van der Waals surface area contributed by atoms with E-state index in [0.717, 1.165) is 66.1 Å². The Morgan fingerprint density at radius 2 is 1.12 bits per heavy atom. The first-order valence-electron chi connectivity index (χ1n) is 13.5. The van der Waals surface area contributed by atoms with Gasteiger partial charge in [0.2, 0.25) is 0 Å². The topological polar surface area (TPSA) is 63.8 Å². The van der Waals surface area contributed by atoms with Crippen LogP contribution in [0.1, 0.15) is 5.56 Å². The van der Waals surface area contributed by atoms with E-state index >= 15 is 0 Å². The minimum Gasteiger partial charge on any atom is -0.259 e. The Bertz CT molecular complexity index is 2280. The number of fused-ring (bicyclic) bond motifs is 6. The van der Waals surface area contributed by atoms with E-state index in [1.54, 1.807) is 24.5 Å². The van der Waals surface area contributed by atoms with Crippen molar-refractivity contribution in [3.8, 4) is 28.6 Å². The minimum atomic E-state index is 0.544. The van der Waals surface area contributed by atoms with Crippen LogP contribution in [-0.2, 0) is 0 Å². The van der Waals surface area contributed by atoms with Gasteiger partial charge < -0.3 is 0 Å². The quantitative estimate of drug-likeness (QED) is 0.212. The Morgan fingerprint density at radius 3 is 1.69 bits per heavy atom. The van der Waals surface area contributed by atoms with Gasteiger partial charge in [0.25, 0.3) is 0 Å². The van der Waals surface area contributed by atoms with Gasteiger partial charge in [0.1, 0.15) is 0 Å². The molecule has 0 saturated carbocycles. The number of aromatic nitrogens is 4. The highest BCUT2D eigenvalue weighted by Crippen LogP contribution is 2.41. The van der Waals surface area contributed by atoms with Gasteiger partial charge in [-0.2, -0.15) is 5.26 Å². The smallest absolute Gasteiger partial charge is 0.190 e. The predicted octanol–water partition coefficient (Wildman–Crippen LogP) is 8.76. The van der Waals surface area contributed by atoms with E-state index in [1.165, 1.54) is 0 Å². The fourth-order valence-electron chi connectivity index (χ4n) is 6.10. The molecule has 194 valence electrons. The van der Waals surface area contributed by atoms with E-state index in [-0.39, 0.29) is 0 Å². The van der Waals surface area contributed by atoms with E-state index < -0.39 is 0 Å². The number of benzene rings is 4. The summed E-state index contributed by atoms with van der Waals surface area (Å²) in [6, 6.07) is 38.7. The van der Waals surface area contributed by atoms with Crippen molar-refractivity contribution < 1.29 is 0 Å². The molecule has 0 aliphatic heterocycles. The molecule has 4 heterocycles. The van der Waals surface area contributed by atoms with Crippen molar-refractivity contribution in [2.24, 2.45) is 0 Å². The van der Waals surface area contributed by atoms with Crippen LogP contribution in [0.5, 0.6) is 0 Å². The Balaban J connectivity index is 1.60. The molecule has 8 aromatic rings. The number of hydrogen-bond donors (Lipinski definition) is 0. The van der Waals surface area contributed by atoms with Crippen molar-refractivity contribution in [1.29, 1.82) is 5.26 Å². The highest BCUT2D eigenvalue weighted by atomic mass is 15.5. The third kappa shape index (κ3) is 3.37. The molecular weight excluding hydrogens is 516 g/mol. The summed E-state index contributed by atoms with van der Waals surface area (Å²) in [7, 11) is 0. The molecule has 6 heteroatoms. The van der Waals surface area contributed by atoms with Crippen molar-refractivity contribution in [3.05, 3.63) is 139 Å². The maximum atomic E-state index is 9.64. The molecular formula is C36H20N6. The Hall–Kier alpha value is -6.24. The number of rotatable bonds is 3. The molecule has 42 heavy (non-hydrogen) atoms. The number of nitriles is 1. The molecule has 0 amide bonds. The van der Waals surface area contributed by atoms with Crippen molar-refractivity contribution in [2.75, 3.05) is 0 Å². The van der Waals surface area contributed by atoms with Gasteiger partial charge in [-0.05, 0) is 36.4 Å². The second-order valence-corrected chi connectivity index (χ2v) is 10.1. The largest absolute Gasteiger partial charge is 0.259 e. The van der Waals surface area contributed by atoms with Gasteiger partial charge in [-0.1, -0.05) is 72.8 Å². The molecule has 0 bridgehead atoms. The van der Waals surface area contributed by atoms with Gasteiger partial charge in [-0.15, -0.1) is 0 Å². The van der Waals surface area contributed by atoms with Crippen LogP contribution in [-0.4, -0.2) is 19.3 Å². The summed E-state index contributed by atoms with van der Waals surface area (Å²) in [5, 5.41) is 14.0. The molecule has 0 N–H and O–H groups in total. The summed E-state index contributed by atoms with van der Waals surface area (Å²) in [4.78, 5) is 13.1. The molecule has 0 spiro atoms. The van der Waals surface area contributed by atoms with Crippen LogP contribution >= 0.6 is 0 Å². The minimum absolute atomic E-state index is 0.544. The third-order valence-electron chi connectivity index (χ3n) is 7.85. The number of para-hydroxylation sites is 4. The average Bonchev–Trinajstić information content (AvgIpc) is 3.57. The van der Waals surface area contributed by atoms with Gasteiger partial charge in [0, 0.05) is 45.1 Å². The van der Waals surface area contributed by atoms with Crippen molar-refractivity contribution in [3.63, 3.8) is 0 Å². The van der Waals surface area contributed by atoms with Crippen molar-refractivity contribution >= 4 is 49.3 Å². The summed E-state index contributed by atoms with van der Waals surface area (Å²) in [6.07, 6.45) is 3.38. The van der Waals surface area contributed by atoms with Gasteiger partial charge in [-0.3, -0.25) is 9.97 Å². The molecule has 0 fully saturated rings. The lowest BCUT2D eigenvalue weighted by Crippen LogP contribution is -2.10. The maximum absolute atomic E-state index is 9.64. The summed E-state index contributed by atoms with van der Waals surface area (Å²) in [5.41, 5.74) is 8.49. The second kappa shape index (κ2) is 9.16. The number of nitrogens with zero attached hydrogens (tertiary/aromatic N) is 6. The van der Waals surface area contributed by atoms with Gasteiger partial charge in [0.15, 0.2) is 5.69 Å². The van der Waals surface area contributed by atoms with Crippen molar-refractivity contribution in [2.45, 2.75) is 0 Å². The first-order chi connectivity index (χ1) is 20.8. The van der Waals surface area contributed by atoms with Gasteiger partial charge >= 0.3 is 0 Å². The van der Waals surface area contributed by atoms with Gasteiger partial charge in [-0.25, -0.2) is 14.2 Å². The highest BCUT2D eigenvalue weighted by Gasteiger charge is 2.22. The summed E-state index contributed by atoms with van der Waals surface area (Å²) in [5.74, 6) is 0. The number of pyridine rings is 2. The van der Waals surface area contributed by atoms with E-state index in [1.807, 2.05) is 18.2 Å². The van der Waals surface area contributed by atoms with E-state index in [2.05, 4.69) is 99.1 Å². The fourth-order valence-corrected chi connectivity index (χ4v) is 6.10. The first kappa shape index (κ1) is 23.6. The fraction of sp³-hybridized carbons (Fsp3) is 0. The Morgan fingerprint density at radius 1 is 0.595 bits per heavy atom. The molecule has 0 aliphatic rings. The third-order valence-corrected chi connectivity index (χ3v) is 7.85. The van der Waals surface area contributed by atoms with Crippen LogP contribution in [0.25, 0.3) is 71.0 Å². The van der Waals surface area contributed by atoms with E-state index in [9.17, 15) is 5.26 Å². The van der Waals surface area contributed by atoms with Crippen LogP contribution in [0.3, 0.4) is 0 Å². The summed E-state index contributed by atoms with van der Waals surface area (Å²) < 4.78 is 4.54. The molecule has 4 aromatic carbocycles. The maximum Gasteiger partial charge on any atom is 0.190 e. The number of hydrogen-bond acceptors (Lipinski definition) is 3. The average molecular weight is 537 g/mol. The zero-order valence-electron chi connectivity index (χ0n) is 22.2. The summed E-state index contributed by atoms with van der Waals surface area (Å²) in [6.45, 7) is 7.59. The lowest BCUT2D eigenvalue weighted by Gasteiger charge is -2.17. The molecule has 4 aromatic heterocycles. The van der Waals surface area contributed by atoms with E-state index in [0.29, 0.717) is 11.3 Å². The first-order valence-corrected chi connectivity index (χ1v) is 13.5. The zero-order valence-corrected chi connectivity index (χ0v) is 22.2. The van der Waals surface area contributed by atoms with Crippen LogP contribution in [0.15, 0.2) is 122 Å². The molecule has 0 unspecified atom stereocenters.